The van der Waals surface area contributed by atoms with Crippen LogP contribution >= 0.6 is 0 Å². The Balaban J connectivity index is 1.84. The molecule has 5 nitrogen and oxygen atoms in total. The third-order valence-electron chi connectivity index (χ3n) is 3.87. The summed E-state index contributed by atoms with van der Waals surface area (Å²) in [5, 5.41) is 19.9. The van der Waals surface area contributed by atoms with E-state index in [4.69, 9.17) is 5.21 Å². The van der Waals surface area contributed by atoms with E-state index in [0.717, 1.165) is 27.6 Å². The van der Waals surface area contributed by atoms with Crippen molar-refractivity contribution in [2.75, 3.05) is 0 Å². The summed E-state index contributed by atoms with van der Waals surface area (Å²) in [4.78, 5) is 12.1. The normalized spacial score (nSPS) is 15.8. The lowest BCUT2D eigenvalue weighted by Crippen LogP contribution is -2.06. The molecule has 1 aliphatic carbocycles. The second-order valence-corrected chi connectivity index (χ2v) is 5.10. The molecule has 2 N–H and O–H groups in total. The fraction of sp³-hybridized carbons (Fsp3) is 0.0625. The van der Waals surface area contributed by atoms with Crippen LogP contribution in [0.4, 0.5) is 0 Å². The van der Waals surface area contributed by atoms with Crippen LogP contribution in [-0.2, 0) is 6.42 Å². The molecule has 4 rings (SSSR count). The summed E-state index contributed by atoms with van der Waals surface area (Å²) in [6.45, 7) is 0. The number of ketones is 1. The Hall–Kier alpha value is -2.95. The maximum Gasteiger partial charge on any atom is 0.211 e. The number of nitrogens with one attached hydrogen (secondary N) is 1. The van der Waals surface area contributed by atoms with Crippen molar-refractivity contribution in [2.45, 2.75) is 6.42 Å². The number of H-pyrrole nitrogens is 1. The maximum absolute atomic E-state index is 12.1. The molecule has 0 saturated carbocycles. The number of oxime groups is 1. The van der Waals surface area contributed by atoms with E-state index in [1.165, 1.54) is 0 Å². The molecule has 1 heterocycles. The average Bonchev–Trinajstić information content (AvgIpc) is 3.10. The van der Waals surface area contributed by atoms with Crippen LogP contribution in [-0.4, -0.2) is 26.9 Å². The van der Waals surface area contributed by atoms with Crippen LogP contribution in [0.3, 0.4) is 0 Å². The molecule has 5 heteroatoms. The molecular weight excluding hydrogens is 266 g/mol. The van der Waals surface area contributed by atoms with E-state index in [9.17, 15) is 4.79 Å². The molecule has 0 aliphatic heterocycles. The van der Waals surface area contributed by atoms with Gasteiger partial charge in [-0.1, -0.05) is 29.4 Å². The first kappa shape index (κ1) is 11.8. The zero-order valence-corrected chi connectivity index (χ0v) is 11.0. The number of rotatable bonds is 1. The van der Waals surface area contributed by atoms with E-state index in [-0.39, 0.29) is 11.5 Å². The zero-order valence-electron chi connectivity index (χ0n) is 11.0. The Morgan fingerprint density at radius 3 is 2.81 bits per heavy atom. The highest BCUT2D eigenvalue weighted by Crippen LogP contribution is 2.28. The van der Waals surface area contributed by atoms with Gasteiger partial charge in [-0.2, -0.15) is 5.10 Å². The van der Waals surface area contributed by atoms with Gasteiger partial charge < -0.3 is 5.21 Å². The molecule has 0 spiro atoms. The van der Waals surface area contributed by atoms with E-state index in [1.807, 2.05) is 36.4 Å². The van der Waals surface area contributed by atoms with E-state index < -0.39 is 0 Å². The number of carbonyl (C=O) groups is 1. The molecule has 0 radical (unpaired) electrons. The molecule has 2 aromatic carbocycles. The summed E-state index contributed by atoms with van der Waals surface area (Å²) in [6.07, 6.45) is 2.17. The van der Waals surface area contributed by atoms with Crippen molar-refractivity contribution in [1.29, 1.82) is 0 Å². The first-order valence-electron chi connectivity index (χ1n) is 6.58. The molecule has 21 heavy (non-hydrogen) atoms. The fourth-order valence-electron chi connectivity index (χ4n) is 2.74. The second kappa shape index (κ2) is 4.28. The lowest BCUT2D eigenvalue weighted by Gasteiger charge is -2.04. The van der Waals surface area contributed by atoms with Gasteiger partial charge in [0.25, 0.3) is 0 Å². The van der Waals surface area contributed by atoms with E-state index in [2.05, 4.69) is 15.4 Å². The summed E-state index contributed by atoms with van der Waals surface area (Å²) < 4.78 is 0. The highest BCUT2D eigenvalue weighted by atomic mass is 16.4. The van der Waals surface area contributed by atoms with Crippen molar-refractivity contribution in [3.63, 3.8) is 0 Å². The van der Waals surface area contributed by atoms with Crippen molar-refractivity contribution in [3.05, 3.63) is 53.7 Å². The number of hydrogen-bond donors (Lipinski definition) is 2. The molecule has 1 aliphatic rings. The largest absolute Gasteiger partial charge is 0.411 e. The number of aromatic nitrogens is 2. The second-order valence-electron chi connectivity index (χ2n) is 5.10. The van der Waals surface area contributed by atoms with Gasteiger partial charge in [0, 0.05) is 17.4 Å². The van der Waals surface area contributed by atoms with E-state index >= 15 is 0 Å². The van der Waals surface area contributed by atoms with Crippen LogP contribution in [0.15, 0.2) is 47.8 Å². The quantitative estimate of drug-likeness (QED) is 0.530. The van der Waals surface area contributed by atoms with Crippen LogP contribution in [0.2, 0.25) is 0 Å². The Morgan fingerprint density at radius 1 is 1.14 bits per heavy atom. The lowest BCUT2D eigenvalue weighted by molar-refractivity contribution is 0.106. The smallest absolute Gasteiger partial charge is 0.211 e. The van der Waals surface area contributed by atoms with Gasteiger partial charge in [0.15, 0.2) is 0 Å². The Kier molecular flexibility index (Phi) is 2.41. The number of hydrogen-bond acceptors (Lipinski definition) is 4. The zero-order chi connectivity index (χ0) is 14.4. The van der Waals surface area contributed by atoms with Gasteiger partial charge in [-0.3, -0.25) is 9.89 Å². The molecular formula is C16H11N3O2. The molecule has 0 amide bonds. The highest BCUT2D eigenvalue weighted by molar-refractivity contribution is 6.49. The first-order valence-corrected chi connectivity index (χ1v) is 6.58. The Labute approximate surface area is 119 Å². The van der Waals surface area contributed by atoms with Gasteiger partial charge in [-0.15, -0.1) is 0 Å². The molecule has 102 valence electrons. The summed E-state index contributed by atoms with van der Waals surface area (Å²) in [5.41, 5.74) is 4.64. The standard InChI is InChI=1S/C16H11N3O2/c20-16-13-5-9(1-3-11(13)7-15(16)19-21)10-2-4-12-8-17-18-14(12)6-10/h1-6,8,21H,7H2,(H,17,18)/b19-15-. The third-order valence-corrected chi connectivity index (χ3v) is 3.87. The predicted octanol–water partition coefficient (Wildman–Crippen LogP) is 2.80. The van der Waals surface area contributed by atoms with E-state index in [1.54, 1.807) is 6.20 Å². The topological polar surface area (TPSA) is 78.3 Å². The molecule has 0 atom stereocenters. The molecule has 1 aromatic heterocycles. The summed E-state index contributed by atoms with van der Waals surface area (Å²) >= 11 is 0. The van der Waals surface area contributed by atoms with Crippen molar-refractivity contribution in [3.8, 4) is 11.1 Å². The lowest BCUT2D eigenvalue weighted by atomic mass is 9.99. The van der Waals surface area contributed by atoms with Crippen molar-refractivity contribution >= 4 is 22.4 Å². The number of Topliss-reactive ketones (excluding diaryl/α,β-unsaturated/α-hetero) is 1. The number of carbonyl (C=O) groups excluding carboxylic acids is 1. The number of fused-ring (bicyclic) bond motifs is 2. The molecule has 0 bridgehead atoms. The van der Waals surface area contributed by atoms with Gasteiger partial charge in [0.05, 0.1) is 11.7 Å². The van der Waals surface area contributed by atoms with Crippen LogP contribution in [0.5, 0.6) is 0 Å². The van der Waals surface area contributed by atoms with Crippen molar-refractivity contribution in [2.24, 2.45) is 5.16 Å². The number of aromatic amines is 1. The summed E-state index contributed by atoms with van der Waals surface area (Å²) in [6, 6.07) is 11.7. The van der Waals surface area contributed by atoms with Crippen LogP contribution < -0.4 is 0 Å². The number of benzene rings is 2. The van der Waals surface area contributed by atoms with Crippen LogP contribution in [0.25, 0.3) is 22.0 Å². The monoisotopic (exact) mass is 277 g/mol. The average molecular weight is 277 g/mol. The Morgan fingerprint density at radius 2 is 1.95 bits per heavy atom. The van der Waals surface area contributed by atoms with Gasteiger partial charge >= 0.3 is 0 Å². The SMILES string of the molecule is O=C1/C(=N\O)Cc2ccc(-c3ccc4cn[nH]c4c3)cc21. The van der Waals surface area contributed by atoms with Gasteiger partial charge in [0.2, 0.25) is 5.78 Å². The maximum atomic E-state index is 12.1. The van der Waals surface area contributed by atoms with Gasteiger partial charge in [-0.25, -0.2) is 0 Å². The fourth-order valence-corrected chi connectivity index (χ4v) is 2.74. The van der Waals surface area contributed by atoms with Gasteiger partial charge in [0.1, 0.15) is 5.71 Å². The molecule has 3 aromatic rings. The molecule has 0 saturated heterocycles. The minimum atomic E-state index is -0.197. The molecule has 0 unspecified atom stereocenters. The molecule has 0 fully saturated rings. The number of nitrogens with zero attached hydrogens (tertiary/aromatic N) is 2. The van der Waals surface area contributed by atoms with Crippen LogP contribution in [0, 0.1) is 0 Å². The highest BCUT2D eigenvalue weighted by Gasteiger charge is 2.27. The minimum absolute atomic E-state index is 0.197. The van der Waals surface area contributed by atoms with Crippen LogP contribution in [0.1, 0.15) is 15.9 Å². The summed E-state index contributed by atoms with van der Waals surface area (Å²) in [5.74, 6) is -0.197. The van der Waals surface area contributed by atoms with Gasteiger partial charge in [-0.05, 0) is 28.8 Å². The summed E-state index contributed by atoms with van der Waals surface area (Å²) in [7, 11) is 0. The predicted molar refractivity (Wildman–Crippen MR) is 78.8 cm³/mol. The Bertz CT molecular complexity index is 909. The minimum Gasteiger partial charge on any atom is -0.411 e. The first-order chi connectivity index (χ1) is 10.3. The van der Waals surface area contributed by atoms with E-state index in [0.29, 0.717) is 12.0 Å². The third kappa shape index (κ3) is 1.74. The van der Waals surface area contributed by atoms with Crippen molar-refractivity contribution in [1.82, 2.24) is 10.2 Å². The van der Waals surface area contributed by atoms with Crippen molar-refractivity contribution < 1.29 is 10.0 Å².